The summed E-state index contributed by atoms with van der Waals surface area (Å²) in [4.78, 5) is 14.4. The summed E-state index contributed by atoms with van der Waals surface area (Å²) >= 11 is 0. The average molecular weight is 188 g/mol. The predicted octanol–water partition coefficient (Wildman–Crippen LogP) is 1.43. The van der Waals surface area contributed by atoms with Crippen LogP contribution in [0.3, 0.4) is 0 Å². The summed E-state index contributed by atoms with van der Waals surface area (Å²) in [6, 6.07) is 5.68. The Morgan fingerprint density at radius 1 is 1.50 bits per heavy atom. The number of hydrogen-bond acceptors (Lipinski definition) is 2. The molecule has 0 saturated heterocycles. The lowest BCUT2D eigenvalue weighted by Gasteiger charge is -1.93. The molecule has 0 fully saturated rings. The van der Waals surface area contributed by atoms with Crippen molar-refractivity contribution in [2.24, 2.45) is 0 Å². The molecule has 70 valence electrons. The van der Waals surface area contributed by atoms with Gasteiger partial charge in [0.05, 0.1) is 11.7 Å². The highest BCUT2D eigenvalue weighted by atomic mass is 16.4. The molecule has 0 bridgehead atoms. The molecule has 4 nitrogen and oxygen atoms in total. The maximum Gasteiger partial charge on any atom is 0.328 e. The lowest BCUT2D eigenvalue weighted by molar-refractivity contribution is -0.131. The zero-order valence-corrected chi connectivity index (χ0v) is 7.29. The fourth-order valence-corrected chi connectivity index (χ4v) is 1.23. The summed E-state index contributed by atoms with van der Waals surface area (Å²) in [5.74, 6) is -0.360. The van der Waals surface area contributed by atoms with E-state index in [1.807, 2.05) is 28.8 Å². The van der Waals surface area contributed by atoms with Crippen LogP contribution in [0.1, 0.15) is 5.82 Å². The molecule has 0 amide bonds. The highest BCUT2D eigenvalue weighted by Crippen LogP contribution is 2.06. The summed E-state index contributed by atoms with van der Waals surface area (Å²) in [6.45, 7) is 0. The topological polar surface area (TPSA) is 54.6 Å². The lowest BCUT2D eigenvalue weighted by atomic mass is 10.4. The largest absolute Gasteiger partial charge is 0.478 e. The summed E-state index contributed by atoms with van der Waals surface area (Å²) in [6.07, 6.45) is 6.07. The second kappa shape index (κ2) is 3.33. The monoisotopic (exact) mass is 188 g/mol. The molecule has 0 aliphatic heterocycles. The third-order valence-electron chi connectivity index (χ3n) is 1.84. The molecule has 0 radical (unpaired) electrons. The van der Waals surface area contributed by atoms with Crippen molar-refractivity contribution in [3.8, 4) is 0 Å². The molecular weight excluding hydrogens is 180 g/mol. The first-order chi connectivity index (χ1) is 6.77. The van der Waals surface area contributed by atoms with Crippen LogP contribution in [0.4, 0.5) is 0 Å². The maximum atomic E-state index is 10.3. The van der Waals surface area contributed by atoms with Gasteiger partial charge in [0, 0.05) is 12.3 Å². The van der Waals surface area contributed by atoms with Crippen LogP contribution in [0.5, 0.6) is 0 Å². The quantitative estimate of drug-likeness (QED) is 0.725. The van der Waals surface area contributed by atoms with Crippen LogP contribution in [0, 0.1) is 0 Å². The molecule has 2 aromatic heterocycles. The van der Waals surface area contributed by atoms with Crippen molar-refractivity contribution >= 4 is 17.6 Å². The van der Waals surface area contributed by atoms with Gasteiger partial charge in [0.2, 0.25) is 0 Å². The molecule has 2 aromatic rings. The van der Waals surface area contributed by atoms with Crippen molar-refractivity contribution < 1.29 is 9.90 Å². The van der Waals surface area contributed by atoms with Gasteiger partial charge < -0.3 is 9.51 Å². The van der Waals surface area contributed by atoms with E-state index >= 15 is 0 Å². The Morgan fingerprint density at radius 3 is 3.14 bits per heavy atom. The Bertz CT molecular complexity index is 500. The van der Waals surface area contributed by atoms with Crippen molar-refractivity contribution in [2.75, 3.05) is 0 Å². The molecule has 4 heteroatoms. The summed E-state index contributed by atoms with van der Waals surface area (Å²) in [7, 11) is 0. The third-order valence-corrected chi connectivity index (χ3v) is 1.84. The van der Waals surface area contributed by atoms with Crippen LogP contribution >= 0.6 is 0 Å². The second-order valence-electron chi connectivity index (χ2n) is 2.78. The van der Waals surface area contributed by atoms with E-state index in [-0.39, 0.29) is 0 Å². The average Bonchev–Trinajstić information content (AvgIpc) is 2.58. The molecule has 2 heterocycles. The Morgan fingerprint density at radius 2 is 2.36 bits per heavy atom. The van der Waals surface area contributed by atoms with E-state index in [0.717, 1.165) is 11.6 Å². The van der Waals surface area contributed by atoms with Crippen LogP contribution < -0.4 is 0 Å². The first-order valence-corrected chi connectivity index (χ1v) is 4.10. The van der Waals surface area contributed by atoms with Crippen LogP contribution in [0.15, 0.2) is 36.7 Å². The molecule has 1 N–H and O–H groups in total. The number of imidazole rings is 1. The van der Waals surface area contributed by atoms with Crippen molar-refractivity contribution in [3.63, 3.8) is 0 Å². The smallest absolute Gasteiger partial charge is 0.328 e. The fraction of sp³-hybridized carbons (Fsp3) is 0. The normalized spacial score (nSPS) is 11.1. The number of carboxylic acid groups (broad SMARTS) is 1. The van der Waals surface area contributed by atoms with E-state index in [1.165, 1.54) is 6.08 Å². The minimum Gasteiger partial charge on any atom is -0.478 e. The predicted molar refractivity (Wildman–Crippen MR) is 51.9 cm³/mol. The van der Waals surface area contributed by atoms with Gasteiger partial charge in [-0.3, -0.25) is 0 Å². The van der Waals surface area contributed by atoms with Gasteiger partial charge in [-0.25, -0.2) is 9.78 Å². The Hall–Kier alpha value is -2.10. The van der Waals surface area contributed by atoms with E-state index < -0.39 is 5.97 Å². The van der Waals surface area contributed by atoms with Crippen molar-refractivity contribution in [1.29, 1.82) is 0 Å². The van der Waals surface area contributed by atoms with Gasteiger partial charge >= 0.3 is 5.97 Å². The molecule has 0 aliphatic rings. The number of aromatic nitrogens is 2. The number of aliphatic carboxylic acids is 1. The SMILES string of the molecule is O=C(O)/C=C/c1ncc2ccccn12. The van der Waals surface area contributed by atoms with Gasteiger partial charge in [-0.2, -0.15) is 0 Å². The number of nitrogens with zero attached hydrogens (tertiary/aromatic N) is 2. The highest BCUT2D eigenvalue weighted by Gasteiger charge is 1.98. The van der Waals surface area contributed by atoms with Crippen LogP contribution in [-0.2, 0) is 4.79 Å². The van der Waals surface area contributed by atoms with Gasteiger partial charge in [-0.1, -0.05) is 6.07 Å². The third kappa shape index (κ3) is 1.50. The van der Waals surface area contributed by atoms with Gasteiger partial charge in [0.25, 0.3) is 0 Å². The summed E-state index contributed by atoms with van der Waals surface area (Å²) in [5.41, 5.74) is 0.942. The van der Waals surface area contributed by atoms with E-state index in [1.54, 1.807) is 6.20 Å². The first-order valence-electron chi connectivity index (χ1n) is 4.10. The number of carbonyl (C=O) groups is 1. The van der Waals surface area contributed by atoms with Gasteiger partial charge in [-0.15, -0.1) is 0 Å². The van der Waals surface area contributed by atoms with Crippen LogP contribution in [0.25, 0.3) is 11.6 Å². The zero-order valence-electron chi connectivity index (χ0n) is 7.29. The number of hydrogen-bond donors (Lipinski definition) is 1. The van der Waals surface area contributed by atoms with Crippen molar-refractivity contribution in [2.45, 2.75) is 0 Å². The molecule has 0 aliphatic carbocycles. The summed E-state index contributed by atoms with van der Waals surface area (Å²) in [5, 5.41) is 8.46. The molecule has 0 spiro atoms. The molecule has 0 unspecified atom stereocenters. The van der Waals surface area contributed by atoms with E-state index in [4.69, 9.17) is 5.11 Å². The maximum absolute atomic E-state index is 10.3. The van der Waals surface area contributed by atoms with Gasteiger partial charge in [0.15, 0.2) is 0 Å². The van der Waals surface area contributed by atoms with Crippen molar-refractivity contribution in [1.82, 2.24) is 9.38 Å². The fourth-order valence-electron chi connectivity index (χ4n) is 1.23. The molecule has 2 rings (SSSR count). The number of rotatable bonds is 2. The first kappa shape index (κ1) is 8.50. The van der Waals surface area contributed by atoms with Crippen molar-refractivity contribution in [3.05, 3.63) is 42.5 Å². The minimum absolute atomic E-state index is 0.614. The van der Waals surface area contributed by atoms with E-state index in [2.05, 4.69) is 4.98 Å². The number of pyridine rings is 1. The van der Waals surface area contributed by atoms with E-state index in [0.29, 0.717) is 5.82 Å². The number of carboxylic acids is 1. The lowest BCUT2D eigenvalue weighted by Crippen LogP contribution is -1.89. The molecule has 14 heavy (non-hydrogen) atoms. The standard InChI is InChI=1S/C10H8N2O2/c13-10(14)5-4-9-11-7-8-3-1-2-6-12(8)9/h1-7H,(H,13,14)/b5-4+. The van der Waals surface area contributed by atoms with Crippen LogP contribution in [-0.4, -0.2) is 20.5 Å². The zero-order chi connectivity index (χ0) is 9.97. The Balaban J connectivity index is 2.48. The van der Waals surface area contributed by atoms with Gasteiger partial charge in [0.1, 0.15) is 5.82 Å². The number of fused-ring (bicyclic) bond motifs is 1. The Labute approximate surface area is 80.1 Å². The molecule has 0 saturated carbocycles. The Kier molecular flexibility index (Phi) is 2.02. The second-order valence-corrected chi connectivity index (χ2v) is 2.78. The molecular formula is C10H8N2O2. The minimum atomic E-state index is -0.974. The summed E-state index contributed by atoms with van der Waals surface area (Å²) < 4.78 is 1.82. The van der Waals surface area contributed by atoms with Gasteiger partial charge in [-0.05, 0) is 18.2 Å². The highest BCUT2D eigenvalue weighted by molar-refractivity contribution is 5.84. The van der Waals surface area contributed by atoms with E-state index in [9.17, 15) is 4.79 Å². The molecule has 0 aromatic carbocycles. The van der Waals surface area contributed by atoms with Crippen LogP contribution in [0.2, 0.25) is 0 Å². The molecule has 0 atom stereocenters.